The van der Waals surface area contributed by atoms with Crippen molar-refractivity contribution >= 4 is 21.6 Å². The molecule has 0 atom stereocenters. The molecule has 174 valence electrons. The van der Waals surface area contributed by atoms with Crippen LogP contribution in [0.2, 0.25) is 0 Å². The second-order valence-corrected chi connectivity index (χ2v) is 9.17. The maximum Gasteiger partial charge on any atom is 0.247 e. The van der Waals surface area contributed by atoms with Crippen LogP contribution < -0.4 is 14.4 Å². The summed E-state index contributed by atoms with van der Waals surface area (Å²) in [6.07, 6.45) is 0. The lowest BCUT2D eigenvalue weighted by molar-refractivity contribution is -0.131. The lowest BCUT2D eigenvalue weighted by Crippen LogP contribution is -2.52. The molecule has 0 spiro atoms. The minimum Gasteiger partial charge on any atom is -0.495 e. The van der Waals surface area contributed by atoms with Crippen LogP contribution in [0, 0.1) is 5.82 Å². The lowest BCUT2D eigenvalue weighted by atomic mass is 10.2. The van der Waals surface area contributed by atoms with E-state index in [9.17, 15) is 17.6 Å². The van der Waals surface area contributed by atoms with E-state index in [-0.39, 0.29) is 29.6 Å². The van der Waals surface area contributed by atoms with Gasteiger partial charge in [0.15, 0.2) is 0 Å². The number of piperazine rings is 1. The normalized spacial score (nSPS) is 14.5. The van der Waals surface area contributed by atoms with E-state index in [1.54, 1.807) is 18.9 Å². The highest BCUT2D eigenvalue weighted by atomic mass is 32.2. The second kappa shape index (κ2) is 10.2. The lowest BCUT2D eigenvalue weighted by Gasteiger charge is -2.37. The number of para-hydroxylation sites is 2. The van der Waals surface area contributed by atoms with Gasteiger partial charge < -0.3 is 19.3 Å². The third-order valence-electron chi connectivity index (χ3n) is 5.47. The van der Waals surface area contributed by atoms with Gasteiger partial charge in [-0.05, 0) is 30.3 Å². The van der Waals surface area contributed by atoms with Gasteiger partial charge in [-0.25, -0.2) is 12.8 Å². The molecule has 1 aliphatic heterocycles. The van der Waals surface area contributed by atoms with E-state index in [1.165, 1.54) is 13.2 Å². The van der Waals surface area contributed by atoms with Crippen LogP contribution in [0.25, 0.3) is 0 Å². The van der Waals surface area contributed by atoms with Gasteiger partial charge in [-0.3, -0.25) is 4.79 Å². The largest absolute Gasteiger partial charge is 0.495 e. The van der Waals surface area contributed by atoms with Gasteiger partial charge in [-0.2, -0.15) is 4.31 Å². The number of hydrogen-bond donors (Lipinski definition) is 0. The third-order valence-corrected chi connectivity index (χ3v) is 7.41. The minimum absolute atomic E-state index is 0.0303. The quantitative estimate of drug-likeness (QED) is 0.595. The summed E-state index contributed by atoms with van der Waals surface area (Å²) in [4.78, 5) is 16.4. The molecule has 1 aliphatic rings. The number of ether oxygens (including phenoxy) is 2. The number of carbonyl (C=O) groups excluding carboxylic acids is 1. The summed E-state index contributed by atoms with van der Waals surface area (Å²) in [6.45, 7) is 3.49. The molecule has 1 heterocycles. The third kappa shape index (κ3) is 4.97. The number of benzene rings is 2. The topological polar surface area (TPSA) is 79.4 Å². The summed E-state index contributed by atoms with van der Waals surface area (Å²) in [5, 5.41) is 0. The number of rotatable bonds is 8. The van der Waals surface area contributed by atoms with Crippen molar-refractivity contribution in [1.29, 1.82) is 0 Å². The van der Waals surface area contributed by atoms with Crippen molar-refractivity contribution in [2.45, 2.75) is 11.8 Å². The van der Waals surface area contributed by atoms with Gasteiger partial charge in [0.2, 0.25) is 15.9 Å². The maximum absolute atomic E-state index is 13.7. The predicted molar refractivity (Wildman–Crippen MR) is 119 cm³/mol. The van der Waals surface area contributed by atoms with E-state index in [0.717, 1.165) is 27.9 Å². The highest BCUT2D eigenvalue weighted by Crippen LogP contribution is 2.29. The number of anilines is 1. The molecule has 2 aromatic rings. The number of likely N-dealkylation sites (N-methyl/N-ethyl adjacent to an activating group) is 1. The van der Waals surface area contributed by atoms with Gasteiger partial charge in [0, 0.05) is 32.7 Å². The molecule has 1 amide bonds. The number of methoxy groups -OCH3 is 2. The zero-order valence-electron chi connectivity index (χ0n) is 18.5. The van der Waals surface area contributed by atoms with E-state index in [2.05, 4.69) is 4.90 Å². The minimum atomic E-state index is -4.12. The molecule has 0 unspecified atom stereocenters. The molecule has 1 saturated heterocycles. The molecule has 1 fully saturated rings. The van der Waals surface area contributed by atoms with Gasteiger partial charge in [-0.15, -0.1) is 0 Å². The fourth-order valence-electron chi connectivity index (χ4n) is 3.70. The molecule has 10 heteroatoms. The Hall–Kier alpha value is -2.85. The van der Waals surface area contributed by atoms with Crippen LogP contribution in [0.5, 0.6) is 11.5 Å². The van der Waals surface area contributed by atoms with Crippen molar-refractivity contribution in [1.82, 2.24) is 9.21 Å². The number of carbonyl (C=O) groups is 1. The van der Waals surface area contributed by atoms with Crippen LogP contribution in [0.15, 0.2) is 47.4 Å². The first-order valence-corrected chi connectivity index (χ1v) is 11.7. The highest BCUT2D eigenvalue weighted by Gasteiger charge is 2.31. The average Bonchev–Trinajstić information content (AvgIpc) is 2.82. The van der Waals surface area contributed by atoms with Crippen LogP contribution in [0.3, 0.4) is 0 Å². The van der Waals surface area contributed by atoms with Crippen LogP contribution in [-0.4, -0.2) is 77.0 Å². The van der Waals surface area contributed by atoms with E-state index in [1.807, 2.05) is 24.3 Å². The first kappa shape index (κ1) is 23.8. The van der Waals surface area contributed by atoms with E-state index < -0.39 is 15.8 Å². The van der Waals surface area contributed by atoms with Gasteiger partial charge >= 0.3 is 0 Å². The number of amides is 1. The summed E-state index contributed by atoms with van der Waals surface area (Å²) < 4.78 is 51.5. The molecule has 0 bridgehead atoms. The molecule has 0 aliphatic carbocycles. The first-order chi connectivity index (χ1) is 15.3. The molecule has 0 radical (unpaired) electrons. The Morgan fingerprint density at radius 2 is 1.69 bits per heavy atom. The summed E-state index contributed by atoms with van der Waals surface area (Å²) in [5.74, 6) is -0.202. The van der Waals surface area contributed by atoms with Gasteiger partial charge in [0.1, 0.15) is 22.2 Å². The number of halogens is 1. The van der Waals surface area contributed by atoms with Gasteiger partial charge in [0.25, 0.3) is 0 Å². The number of hydrogen-bond acceptors (Lipinski definition) is 6. The predicted octanol–water partition coefficient (Wildman–Crippen LogP) is 2.20. The summed E-state index contributed by atoms with van der Waals surface area (Å²) in [5.41, 5.74) is 0.957. The SMILES string of the molecule is CCN(CC(=O)N1CCN(c2ccccc2OC)CC1)S(=O)(=O)c1cc(F)ccc1OC. The van der Waals surface area contributed by atoms with E-state index in [0.29, 0.717) is 26.2 Å². The number of sulfonamides is 1. The average molecular weight is 466 g/mol. The highest BCUT2D eigenvalue weighted by molar-refractivity contribution is 7.89. The maximum atomic E-state index is 13.7. The molecular formula is C22H28FN3O5S. The van der Waals surface area contributed by atoms with E-state index >= 15 is 0 Å². The van der Waals surface area contributed by atoms with E-state index in [4.69, 9.17) is 9.47 Å². The van der Waals surface area contributed by atoms with Crippen LogP contribution >= 0.6 is 0 Å². The van der Waals surface area contributed by atoms with Gasteiger partial charge in [-0.1, -0.05) is 19.1 Å². The van der Waals surface area contributed by atoms with Crippen molar-refractivity contribution in [2.24, 2.45) is 0 Å². The monoisotopic (exact) mass is 465 g/mol. The Morgan fingerprint density at radius 1 is 1.03 bits per heavy atom. The van der Waals surface area contributed by atoms with Crippen LogP contribution in [-0.2, 0) is 14.8 Å². The Morgan fingerprint density at radius 3 is 2.31 bits per heavy atom. The summed E-state index contributed by atoms with van der Waals surface area (Å²) in [7, 11) is -1.19. The van der Waals surface area contributed by atoms with Crippen molar-refractivity contribution < 1.29 is 27.1 Å². The van der Waals surface area contributed by atoms with Crippen molar-refractivity contribution in [2.75, 3.05) is 58.4 Å². The second-order valence-electron chi connectivity index (χ2n) is 7.27. The zero-order chi connectivity index (χ0) is 23.3. The molecule has 3 rings (SSSR count). The Bertz CT molecular complexity index is 1060. The molecule has 2 aromatic carbocycles. The fourth-order valence-corrected chi connectivity index (χ4v) is 5.26. The van der Waals surface area contributed by atoms with Crippen molar-refractivity contribution in [3.63, 3.8) is 0 Å². The number of nitrogens with zero attached hydrogens (tertiary/aromatic N) is 3. The Labute approximate surface area is 188 Å². The molecule has 0 aromatic heterocycles. The Balaban J connectivity index is 1.69. The molecule has 0 saturated carbocycles. The molecule has 32 heavy (non-hydrogen) atoms. The molecule has 8 nitrogen and oxygen atoms in total. The molecule has 0 N–H and O–H groups in total. The smallest absolute Gasteiger partial charge is 0.247 e. The zero-order valence-corrected chi connectivity index (χ0v) is 19.3. The van der Waals surface area contributed by atoms with Gasteiger partial charge in [0.05, 0.1) is 26.5 Å². The first-order valence-electron chi connectivity index (χ1n) is 10.3. The van der Waals surface area contributed by atoms with Crippen molar-refractivity contribution in [3.8, 4) is 11.5 Å². The summed E-state index contributed by atoms with van der Waals surface area (Å²) in [6, 6.07) is 11.0. The molecular weight excluding hydrogens is 437 g/mol. The van der Waals surface area contributed by atoms with Crippen molar-refractivity contribution in [3.05, 3.63) is 48.3 Å². The van der Waals surface area contributed by atoms with Crippen LogP contribution in [0.1, 0.15) is 6.92 Å². The fraction of sp³-hybridized carbons (Fsp3) is 0.409. The standard InChI is InChI=1S/C22H28FN3O5S/c1-4-26(32(28,29)21-15-17(23)9-10-20(21)31-3)16-22(27)25-13-11-24(12-14-25)18-7-5-6-8-19(18)30-2/h5-10,15H,4,11-14,16H2,1-3H3. The summed E-state index contributed by atoms with van der Waals surface area (Å²) >= 11 is 0. The van der Waals surface area contributed by atoms with Crippen LogP contribution in [0.4, 0.5) is 10.1 Å². The Kier molecular flexibility index (Phi) is 7.57.